The van der Waals surface area contributed by atoms with Crippen LogP contribution in [0.15, 0.2) is 10.6 Å². The molecule has 0 aliphatic rings. The number of rotatable bonds is 8. The summed E-state index contributed by atoms with van der Waals surface area (Å²) >= 11 is 0. The lowest BCUT2D eigenvalue weighted by Crippen LogP contribution is -2.30. The topological polar surface area (TPSA) is 78.6 Å². The van der Waals surface area contributed by atoms with E-state index in [1.54, 1.807) is 13.0 Å². The van der Waals surface area contributed by atoms with Gasteiger partial charge in [-0.05, 0) is 39.8 Å². The van der Waals surface area contributed by atoms with Crippen molar-refractivity contribution >= 4 is 11.8 Å². The summed E-state index contributed by atoms with van der Waals surface area (Å²) in [7, 11) is 1.89. The van der Waals surface area contributed by atoms with Gasteiger partial charge in [0, 0.05) is 12.7 Å². The molecule has 0 atom stereocenters. The van der Waals surface area contributed by atoms with Crippen LogP contribution < -0.4 is 5.32 Å². The lowest BCUT2D eigenvalue weighted by atomic mass is 10.2. The summed E-state index contributed by atoms with van der Waals surface area (Å²) in [5.41, 5.74) is 0.739. The lowest BCUT2D eigenvalue weighted by molar-refractivity contribution is -0.117. The smallest absolute Gasteiger partial charge is 0.240 e. The number of amides is 1. The second-order valence-corrected chi connectivity index (χ2v) is 4.40. The minimum atomic E-state index is -0.115. The van der Waals surface area contributed by atoms with Crippen LogP contribution in [0.1, 0.15) is 25.0 Å². The fraction of sp³-hybridized carbons (Fsp3) is 0.667. The van der Waals surface area contributed by atoms with Gasteiger partial charge in [0.25, 0.3) is 0 Å². The first-order valence-corrected chi connectivity index (χ1v) is 6.14. The monoisotopic (exact) mass is 255 g/mol. The van der Waals surface area contributed by atoms with Crippen molar-refractivity contribution in [2.24, 2.45) is 0 Å². The Morgan fingerprint density at radius 2 is 2.28 bits per heavy atom. The molecule has 0 unspecified atom stereocenters. The second kappa shape index (κ2) is 7.84. The third kappa shape index (κ3) is 5.79. The molecule has 2 N–H and O–H groups in total. The Morgan fingerprint density at radius 1 is 1.50 bits per heavy atom. The van der Waals surface area contributed by atoms with Gasteiger partial charge in [-0.15, -0.1) is 0 Å². The van der Waals surface area contributed by atoms with Gasteiger partial charge < -0.3 is 9.63 Å². The van der Waals surface area contributed by atoms with E-state index >= 15 is 0 Å². The van der Waals surface area contributed by atoms with Crippen molar-refractivity contribution in [1.29, 1.82) is 0 Å². The van der Waals surface area contributed by atoms with Crippen LogP contribution in [0.5, 0.6) is 0 Å². The Labute approximate surface area is 107 Å². The summed E-state index contributed by atoms with van der Waals surface area (Å²) < 4.78 is 4.90. The quantitative estimate of drug-likeness (QED) is 0.678. The Morgan fingerprint density at radius 3 is 2.89 bits per heavy atom. The number of aryl methyl sites for hydroxylation is 1. The molecule has 0 spiro atoms. The standard InChI is InChI=1S/C12H21N3O3/c1-10-8-12(18-14-10)13-11(17)9-15(2)6-4-3-5-7-16/h8,16H,3-7,9H2,1-2H3,(H,13,17). The highest BCUT2D eigenvalue weighted by Gasteiger charge is 2.09. The van der Waals surface area contributed by atoms with Crippen LogP contribution in [-0.2, 0) is 4.79 Å². The van der Waals surface area contributed by atoms with E-state index in [1.807, 2.05) is 11.9 Å². The number of nitrogens with one attached hydrogen (secondary N) is 1. The molecule has 0 bridgehead atoms. The molecule has 6 nitrogen and oxygen atoms in total. The number of carbonyl (C=O) groups excluding carboxylic acids is 1. The van der Waals surface area contributed by atoms with Crippen LogP contribution in [-0.4, -0.2) is 47.8 Å². The molecule has 0 fully saturated rings. The average Bonchev–Trinajstić information content (AvgIpc) is 2.70. The molecule has 1 heterocycles. The van der Waals surface area contributed by atoms with Gasteiger partial charge in [-0.1, -0.05) is 5.16 Å². The van der Waals surface area contributed by atoms with Crippen molar-refractivity contribution in [2.75, 3.05) is 32.1 Å². The highest BCUT2D eigenvalue weighted by molar-refractivity contribution is 5.90. The molecule has 0 aromatic carbocycles. The van der Waals surface area contributed by atoms with Crippen molar-refractivity contribution in [3.8, 4) is 0 Å². The number of unbranched alkanes of at least 4 members (excludes halogenated alkanes) is 2. The number of aliphatic hydroxyl groups excluding tert-OH is 1. The number of hydrogen-bond donors (Lipinski definition) is 2. The van der Waals surface area contributed by atoms with E-state index in [0.29, 0.717) is 12.4 Å². The SMILES string of the molecule is Cc1cc(NC(=O)CN(C)CCCCCO)on1. The molecule has 0 saturated heterocycles. The zero-order chi connectivity index (χ0) is 13.4. The van der Waals surface area contributed by atoms with Crippen LogP contribution >= 0.6 is 0 Å². The third-order valence-electron chi connectivity index (χ3n) is 2.50. The lowest BCUT2D eigenvalue weighted by Gasteiger charge is -2.15. The van der Waals surface area contributed by atoms with Crippen molar-refractivity contribution in [3.05, 3.63) is 11.8 Å². The largest absolute Gasteiger partial charge is 0.396 e. The first-order valence-electron chi connectivity index (χ1n) is 6.14. The number of carbonyl (C=O) groups is 1. The molecule has 0 aliphatic carbocycles. The summed E-state index contributed by atoms with van der Waals surface area (Å²) in [4.78, 5) is 13.6. The molecule has 18 heavy (non-hydrogen) atoms. The van der Waals surface area contributed by atoms with Gasteiger partial charge in [0.2, 0.25) is 11.8 Å². The minimum Gasteiger partial charge on any atom is -0.396 e. The van der Waals surface area contributed by atoms with Gasteiger partial charge in [0.15, 0.2) is 0 Å². The highest BCUT2D eigenvalue weighted by atomic mass is 16.5. The number of anilines is 1. The molecule has 1 aromatic heterocycles. The Kier molecular flexibility index (Phi) is 6.38. The number of likely N-dealkylation sites (N-methyl/N-ethyl adjacent to an activating group) is 1. The van der Waals surface area contributed by atoms with E-state index in [1.165, 1.54) is 0 Å². The van der Waals surface area contributed by atoms with E-state index in [4.69, 9.17) is 9.63 Å². The van der Waals surface area contributed by atoms with Crippen molar-refractivity contribution < 1.29 is 14.4 Å². The van der Waals surface area contributed by atoms with Gasteiger partial charge in [0.05, 0.1) is 12.2 Å². The zero-order valence-electron chi connectivity index (χ0n) is 11.0. The average molecular weight is 255 g/mol. The minimum absolute atomic E-state index is 0.115. The molecule has 1 rings (SSSR count). The number of aromatic nitrogens is 1. The molecule has 0 aliphatic heterocycles. The molecular formula is C12H21N3O3. The van der Waals surface area contributed by atoms with Gasteiger partial charge >= 0.3 is 0 Å². The van der Waals surface area contributed by atoms with Crippen LogP contribution in [0.4, 0.5) is 5.88 Å². The Balaban J connectivity index is 2.19. The molecular weight excluding hydrogens is 234 g/mol. The van der Waals surface area contributed by atoms with Crippen LogP contribution in [0, 0.1) is 6.92 Å². The third-order valence-corrected chi connectivity index (χ3v) is 2.50. The molecule has 102 valence electrons. The van der Waals surface area contributed by atoms with E-state index in [0.717, 1.165) is 31.5 Å². The molecule has 0 saturated carbocycles. The summed E-state index contributed by atoms with van der Waals surface area (Å²) in [5, 5.41) is 15.0. The molecule has 0 radical (unpaired) electrons. The fourth-order valence-electron chi connectivity index (χ4n) is 1.59. The highest BCUT2D eigenvalue weighted by Crippen LogP contribution is 2.08. The van der Waals surface area contributed by atoms with Gasteiger partial charge in [-0.3, -0.25) is 15.0 Å². The summed E-state index contributed by atoms with van der Waals surface area (Å²) in [6, 6.07) is 1.68. The molecule has 1 amide bonds. The Bertz CT molecular complexity index is 365. The van der Waals surface area contributed by atoms with Gasteiger partial charge in [-0.25, -0.2) is 0 Å². The van der Waals surface area contributed by atoms with Crippen molar-refractivity contribution in [1.82, 2.24) is 10.1 Å². The maximum absolute atomic E-state index is 11.6. The maximum atomic E-state index is 11.6. The van der Waals surface area contributed by atoms with Crippen molar-refractivity contribution in [2.45, 2.75) is 26.2 Å². The zero-order valence-corrected chi connectivity index (χ0v) is 11.0. The maximum Gasteiger partial charge on any atom is 0.240 e. The fourth-order valence-corrected chi connectivity index (χ4v) is 1.59. The van der Waals surface area contributed by atoms with Crippen LogP contribution in [0.25, 0.3) is 0 Å². The van der Waals surface area contributed by atoms with Gasteiger partial charge in [-0.2, -0.15) is 0 Å². The summed E-state index contributed by atoms with van der Waals surface area (Å²) in [6.07, 6.45) is 2.77. The van der Waals surface area contributed by atoms with Crippen LogP contribution in [0.3, 0.4) is 0 Å². The van der Waals surface area contributed by atoms with E-state index in [-0.39, 0.29) is 12.5 Å². The van der Waals surface area contributed by atoms with E-state index in [2.05, 4.69) is 10.5 Å². The van der Waals surface area contributed by atoms with Crippen molar-refractivity contribution in [3.63, 3.8) is 0 Å². The predicted molar refractivity (Wildman–Crippen MR) is 68.3 cm³/mol. The predicted octanol–water partition coefficient (Wildman–Crippen LogP) is 1.02. The van der Waals surface area contributed by atoms with Gasteiger partial charge in [0.1, 0.15) is 0 Å². The number of nitrogens with zero attached hydrogens (tertiary/aromatic N) is 2. The van der Waals surface area contributed by atoms with E-state index in [9.17, 15) is 4.79 Å². The van der Waals surface area contributed by atoms with Crippen LogP contribution in [0.2, 0.25) is 0 Å². The normalized spacial score (nSPS) is 10.9. The number of aliphatic hydroxyl groups is 1. The molecule has 1 aromatic rings. The first-order chi connectivity index (χ1) is 8.61. The first kappa shape index (κ1) is 14.7. The summed E-state index contributed by atoms with van der Waals surface area (Å²) in [5.74, 6) is 0.266. The Hall–Kier alpha value is -1.40. The molecule has 6 heteroatoms. The second-order valence-electron chi connectivity index (χ2n) is 4.40. The summed E-state index contributed by atoms with van der Waals surface area (Å²) in [6.45, 7) is 3.18. The van der Waals surface area contributed by atoms with E-state index < -0.39 is 0 Å². The number of hydrogen-bond acceptors (Lipinski definition) is 5.